The molecule has 0 atom stereocenters. The normalized spacial score (nSPS) is 11.1. The van der Waals surface area contributed by atoms with Crippen LogP contribution >= 0.6 is 24.0 Å². The van der Waals surface area contributed by atoms with Crippen LogP contribution in [0.15, 0.2) is 29.3 Å². The van der Waals surface area contributed by atoms with Crippen LogP contribution in [0.25, 0.3) is 5.69 Å². The minimum absolute atomic E-state index is 0. The van der Waals surface area contributed by atoms with Gasteiger partial charge in [-0.25, -0.2) is 9.07 Å². The molecule has 0 saturated carbocycles. The summed E-state index contributed by atoms with van der Waals surface area (Å²) in [6, 6.07) is 8.23. The predicted molar refractivity (Wildman–Crippen MR) is 121 cm³/mol. The van der Waals surface area contributed by atoms with Gasteiger partial charge in [0.05, 0.1) is 11.4 Å². The summed E-state index contributed by atoms with van der Waals surface area (Å²) in [6.07, 6.45) is 1.30. The van der Waals surface area contributed by atoms with Crippen molar-refractivity contribution in [3.05, 3.63) is 41.3 Å². The second-order valence-corrected chi connectivity index (χ2v) is 6.37. The zero-order valence-electron chi connectivity index (χ0n) is 16.4. The van der Waals surface area contributed by atoms with Crippen LogP contribution in [-0.2, 0) is 6.42 Å². The molecule has 152 valence electrons. The Morgan fingerprint density at radius 1 is 1.36 bits per heavy atom. The summed E-state index contributed by atoms with van der Waals surface area (Å²) in [6.45, 7) is 7.50. The van der Waals surface area contributed by atoms with Crippen LogP contribution in [0.1, 0.15) is 38.4 Å². The number of guanidine groups is 1. The van der Waals surface area contributed by atoms with E-state index in [1.54, 1.807) is 12.1 Å². The van der Waals surface area contributed by atoms with Crippen molar-refractivity contribution in [2.24, 2.45) is 4.99 Å². The highest BCUT2D eigenvalue weighted by Crippen LogP contribution is 2.21. The molecule has 0 aliphatic rings. The fourth-order valence-electron chi connectivity index (χ4n) is 2.59. The number of aliphatic imine (C=N–C) groups is 1. The van der Waals surface area contributed by atoms with E-state index in [1.165, 1.54) is 16.8 Å². The Balaban J connectivity index is 0.00000392. The van der Waals surface area contributed by atoms with Crippen molar-refractivity contribution in [2.75, 3.05) is 18.8 Å². The van der Waals surface area contributed by atoms with Crippen molar-refractivity contribution in [2.45, 2.75) is 39.7 Å². The van der Waals surface area contributed by atoms with Gasteiger partial charge in [0, 0.05) is 19.1 Å². The van der Waals surface area contributed by atoms with Crippen LogP contribution in [0, 0.1) is 17.1 Å². The third kappa shape index (κ3) is 6.37. The average molecular weight is 499 g/mol. The van der Waals surface area contributed by atoms with E-state index in [0.717, 1.165) is 18.9 Å². The number of nitrogen functional groups attached to an aromatic ring is 1. The maximum atomic E-state index is 13.1. The van der Waals surface area contributed by atoms with E-state index in [0.29, 0.717) is 36.0 Å². The van der Waals surface area contributed by atoms with E-state index in [9.17, 15) is 9.65 Å². The van der Waals surface area contributed by atoms with E-state index in [1.807, 2.05) is 6.92 Å². The Labute approximate surface area is 182 Å². The second kappa shape index (κ2) is 11.5. The number of aromatic nitrogens is 2. The van der Waals surface area contributed by atoms with Gasteiger partial charge in [0.2, 0.25) is 0 Å². The van der Waals surface area contributed by atoms with Crippen LogP contribution in [0.3, 0.4) is 0 Å². The number of halogens is 2. The van der Waals surface area contributed by atoms with E-state index < -0.39 is 0 Å². The van der Waals surface area contributed by atoms with Crippen molar-refractivity contribution in [3.8, 4) is 11.8 Å². The molecular formula is C19H27FIN7. The van der Waals surface area contributed by atoms with Crippen LogP contribution < -0.4 is 16.4 Å². The summed E-state index contributed by atoms with van der Waals surface area (Å²) in [4.78, 5) is 4.53. The van der Waals surface area contributed by atoms with Gasteiger partial charge in [0.25, 0.3) is 0 Å². The summed E-state index contributed by atoms with van der Waals surface area (Å²) < 4.78 is 14.6. The fourth-order valence-corrected chi connectivity index (χ4v) is 2.59. The van der Waals surface area contributed by atoms with Gasteiger partial charge in [-0.2, -0.15) is 10.4 Å². The Morgan fingerprint density at radius 2 is 2.04 bits per heavy atom. The largest absolute Gasteiger partial charge is 0.382 e. The van der Waals surface area contributed by atoms with Crippen LogP contribution in [0.2, 0.25) is 0 Å². The lowest BCUT2D eigenvalue weighted by atomic mass is 10.1. The number of hydrogen-bond donors (Lipinski definition) is 3. The summed E-state index contributed by atoms with van der Waals surface area (Å²) in [5.74, 6) is 0.691. The number of nitrogens with two attached hydrogens (primary N) is 1. The topological polar surface area (TPSA) is 104 Å². The van der Waals surface area contributed by atoms with Crippen LogP contribution in [-0.4, -0.2) is 34.9 Å². The van der Waals surface area contributed by atoms with Crippen molar-refractivity contribution in [1.82, 2.24) is 20.4 Å². The first-order valence-corrected chi connectivity index (χ1v) is 9.04. The second-order valence-electron chi connectivity index (χ2n) is 6.37. The number of anilines is 1. The number of aryl methyl sites for hydroxylation is 1. The molecule has 2 rings (SSSR count). The lowest BCUT2D eigenvalue weighted by Gasteiger charge is -2.13. The Morgan fingerprint density at radius 3 is 2.61 bits per heavy atom. The molecule has 0 aliphatic carbocycles. The third-order valence-corrected chi connectivity index (χ3v) is 3.79. The summed E-state index contributed by atoms with van der Waals surface area (Å²) in [5, 5.41) is 20.3. The number of hydrogen-bond acceptors (Lipinski definition) is 4. The minimum Gasteiger partial charge on any atom is -0.382 e. The number of rotatable bonds is 7. The van der Waals surface area contributed by atoms with E-state index in [4.69, 9.17) is 5.73 Å². The van der Waals surface area contributed by atoms with Gasteiger partial charge in [-0.3, -0.25) is 4.99 Å². The van der Waals surface area contributed by atoms with Gasteiger partial charge in [0.1, 0.15) is 23.3 Å². The molecule has 9 heteroatoms. The molecule has 1 heterocycles. The van der Waals surface area contributed by atoms with E-state index >= 15 is 0 Å². The molecule has 0 fully saturated rings. The molecule has 1 aromatic heterocycles. The van der Waals surface area contributed by atoms with Gasteiger partial charge in [-0.05, 0) is 57.9 Å². The first-order valence-electron chi connectivity index (χ1n) is 9.04. The van der Waals surface area contributed by atoms with Gasteiger partial charge in [-0.15, -0.1) is 24.0 Å². The highest BCUT2D eigenvalue weighted by Gasteiger charge is 2.16. The quantitative estimate of drug-likeness (QED) is 0.235. The fraction of sp³-hybridized carbons (Fsp3) is 0.421. The molecule has 0 aliphatic heterocycles. The van der Waals surface area contributed by atoms with Gasteiger partial charge >= 0.3 is 0 Å². The molecule has 28 heavy (non-hydrogen) atoms. The van der Waals surface area contributed by atoms with Crippen molar-refractivity contribution < 1.29 is 4.39 Å². The number of nitrogens with zero attached hydrogens (tertiary/aromatic N) is 4. The maximum Gasteiger partial charge on any atom is 0.191 e. The molecule has 4 N–H and O–H groups in total. The number of nitriles is 1. The zero-order chi connectivity index (χ0) is 19.8. The molecule has 1 aromatic carbocycles. The predicted octanol–water partition coefficient (Wildman–Crippen LogP) is 2.98. The van der Waals surface area contributed by atoms with Gasteiger partial charge < -0.3 is 16.4 Å². The first kappa shape index (κ1) is 23.7. The number of benzene rings is 1. The molecule has 0 bridgehead atoms. The number of nitrogens with one attached hydrogen (secondary N) is 2. The lowest BCUT2D eigenvalue weighted by Crippen LogP contribution is -2.41. The standard InChI is InChI=1S/C19H26FN7.HI/c1-4-23-19(25-13(2)3)24-11-5-6-17-16(12-21)18(22)27(26-17)15-9-7-14(20)8-10-15;/h7-10,13H,4-6,11,22H2,1-3H3,(H2,23,24,25);1H. The Kier molecular flexibility index (Phi) is 9.72. The van der Waals surface area contributed by atoms with Gasteiger partial charge in [0.15, 0.2) is 5.96 Å². The lowest BCUT2D eigenvalue weighted by molar-refractivity contribution is 0.627. The molecular weight excluding hydrogens is 472 g/mol. The maximum absolute atomic E-state index is 13.1. The minimum atomic E-state index is -0.338. The van der Waals surface area contributed by atoms with E-state index in [-0.39, 0.29) is 35.6 Å². The Hall–Kier alpha value is -2.35. The molecule has 0 saturated heterocycles. The van der Waals surface area contributed by atoms with Crippen molar-refractivity contribution in [1.29, 1.82) is 5.26 Å². The molecule has 2 aromatic rings. The van der Waals surface area contributed by atoms with Crippen LogP contribution in [0.4, 0.5) is 10.2 Å². The van der Waals surface area contributed by atoms with Crippen molar-refractivity contribution in [3.63, 3.8) is 0 Å². The molecule has 0 unspecified atom stereocenters. The third-order valence-electron chi connectivity index (χ3n) is 3.79. The van der Waals surface area contributed by atoms with Crippen LogP contribution in [0.5, 0.6) is 0 Å². The zero-order valence-corrected chi connectivity index (χ0v) is 18.7. The highest BCUT2D eigenvalue weighted by molar-refractivity contribution is 14.0. The molecule has 0 amide bonds. The van der Waals surface area contributed by atoms with E-state index in [2.05, 4.69) is 40.6 Å². The molecule has 0 spiro atoms. The summed E-state index contributed by atoms with van der Waals surface area (Å²) in [5.41, 5.74) is 7.66. The monoisotopic (exact) mass is 499 g/mol. The molecule has 7 nitrogen and oxygen atoms in total. The van der Waals surface area contributed by atoms with Gasteiger partial charge in [-0.1, -0.05) is 0 Å². The van der Waals surface area contributed by atoms with Crippen molar-refractivity contribution >= 4 is 35.8 Å². The SMILES string of the molecule is CCNC(=NCCCc1nn(-c2ccc(F)cc2)c(N)c1C#N)NC(C)C.I. The smallest absolute Gasteiger partial charge is 0.191 e. The highest BCUT2D eigenvalue weighted by atomic mass is 127. The molecule has 0 radical (unpaired) electrons. The first-order chi connectivity index (χ1) is 13.0. The summed E-state index contributed by atoms with van der Waals surface area (Å²) in [7, 11) is 0. The average Bonchev–Trinajstić information content (AvgIpc) is 2.94. The Bertz CT molecular complexity index is 822. The summed E-state index contributed by atoms with van der Waals surface area (Å²) >= 11 is 0.